The second-order valence-electron chi connectivity index (χ2n) is 4.69. The van der Waals surface area contributed by atoms with Crippen LogP contribution in [0.1, 0.15) is 20.3 Å². The van der Waals surface area contributed by atoms with E-state index in [9.17, 15) is 0 Å². The second-order valence-corrected chi connectivity index (χ2v) is 5.53. The van der Waals surface area contributed by atoms with Crippen LogP contribution in [0, 0.1) is 0 Å². The lowest BCUT2D eigenvalue weighted by atomic mass is 10.2. The van der Waals surface area contributed by atoms with Crippen LogP contribution < -0.4 is 16.4 Å². The predicted octanol–water partition coefficient (Wildman–Crippen LogP) is 4.32. The van der Waals surface area contributed by atoms with Crippen molar-refractivity contribution in [3.8, 4) is 0 Å². The molecule has 2 aromatic rings. The summed E-state index contributed by atoms with van der Waals surface area (Å²) in [6.45, 7) is 4.15. The summed E-state index contributed by atoms with van der Waals surface area (Å²) in [5.74, 6) is 1.10. The van der Waals surface area contributed by atoms with Gasteiger partial charge >= 0.3 is 0 Å². The van der Waals surface area contributed by atoms with Gasteiger partial charge in [-0.05, 0) is 31.5 Å². The van der Waals surface area contributed by atoms with Gasteiger partial charge in [0.05, 0.1) is 10.7 Å². The molecule has 0 radical (unpaired) electrons. The van der Waals surface area contributed by atoms with Gasteiger partial charge in [0.2, 0.25) is 0 Å². The van der Waals surface area contributed by atoms with E-state index in [1.165, 1.54) is 6.33 Å². The summed E-state index contributed by atoms with van der Waals surface area (Å²) in [5.41, 5.74) is 7.22. The summed E-state index contributed by atoms with van der Waals surface area (Å²) in [6, 6.07) is 5.44. The fourth-order valence-electron chi connectivity index (χ4n) is 1.66. The Kier molecular flexibility index (Phi) is 5.09. The van der Waals surface area contributed by atoms with Crippen LogP contribution in [0.25, 0.3) is 0 Å². The monoisotopic (exact) mass is 325 g/mol. The summed E-state index contributed by atoms with van der Waals surface area (Å²) >= 11 is 12.0. The Morgan fingerprint density at radius 3 is 2.62 bits per heavy atom. The number of anilines is 4. The Morgan fingerprint density at radius 2 is 1.95 bits per heavy atom. The molecular formula is C14H17Cl2N5. The molecule has 0 aliphatic rings. The Morgan fingerprint density at radius 1 is 1.24 bits per heavy atom. The van der Waals surface area contributed by atoms with E-state index in [-0.39, 0.29) is 6.04 Å². The van der Waals surface area contributed by atoms with Gasteiger partial charge in [-0.15, -0.1) is 0 Å². The van der Waals surface area contributed by atoms with Gasteiger partial charge in [-0.1, -0.05) is 30.1 Å². The van der Waals surface area contributed by atoms with Gasteiger partial charge < -0.3 is 16.4 Å². The normalized spacial score (nSPS) is 12.0. The van der Waals surface area contributed by atoms with Crippen LogP contribution in [-0.2, 0) is 0 Å². The first-order chi connectivity index (χ1) is 10.0. The molecule has 5 nitrogen and oxygen atoms in total. The molecule has 1 aromatic heterocycles. The molecule has 1 heterocycles. The van der Waals surface area contributed by atoms with E-state index in [4.69, 9.17) is 28.9 Å². The van der Waals surface area contributed by atoms with Crippen molar-refractivity contribution in [1.82, 2.24) is 9.97 Å². The number of nitrogens with one attached hydrogen (secondary N) is 2. The zero-order valence-corrected chi connectivity index (χ0v) is 13.3. The first kappa shape index (κ1) is 15.7. The number of nitrogen functional groups attached to an aromatic ring is 1. The average molecular weight is 326 g/mol. The molecule has 0 aliphatic heterocycles. The molecule has 0 spiro atoms. The highest BCUT2D eigenvalue weighted by Crippen LogP contribution is 2.31. The molecule has 0 fully saturated rings. The molecular weight excluding hydrogens is 309 g/mol. The molecule has 0 aliphatic carbocycles. The van der Waals surface area contributed by atoms with Crippen LogP contribution >= 0.6 is 23.2 Å². The summed E-state index contributed by atoms with van der Waals surface area (Å²) in [5, 5.41) is 7.40. The lowest BCUT2D eigenvalue weighted by Gasteiger charge is -2.16. The van der Waals surface area contributed by atoms with E-state index in [0.29, 0.717) is 33.1 Å². The van der Waals surface area contributed by atoms with Gasteiger partial charge in [0.1, 0.15) is 12.0 Å². The first-order valence-corrected chi connectivity index (χ1v) is 7.36. The molecule has 0 bridgehead atoms. The second kappa shape index (κ2) is 6.83. The zero-order chi connectivity index (χ0) is 15.4. The average Bonchev–Trinajstić information content (AvgIpc) is 2.45. The van der Waals surface area contributed by atoms with Crippen molar-refractivity contribution < 1.29 is 0 Å². The van der Waals surface area contributed by atoms with Crippen molar-refractivity contribution >= 4 is 46.2 Å². The van der Waals surface area contributed by atoms with Crippen molar-refractivity contribution in [2.45, 2.75) is 26.3 Å². The molecule has 0 saturated heterocycles. The SMILES string of the molecule is CCC(C)Nc1ncnc(Nc2ccc(Cl)cc2Cl)c1N. The maximum absolute atomic E-state index is 6.13. The number of halogens is 2. The third kappa shape index (κ3) is 3.89. The maximum Gasteiger partial charge on any atom is 0.159 e. The molecule has 112 valence electrons. The Hall–Kier alpha value is -1.72. The Labute approximate surface area is 133 Å². The van der Waals surface area contributed by atoms with E-state index in [0.717, 1.165) is 6.42 Å². The molecule has 1 atom stereocenters. The zero-order valence-electron chi connectivity index (χ0n) is 11.8. The minimum absolute atomic E-state index is 0.272. The van der Waals surface area contributed by atoms with Crippen LogP contribution in [0.5, 0.6) is 0 Å². The maximum atomic E-state index is 6.13. The minimum Gasteiger partial charge on any atom is -0.393 e. The van der Waals surface area contributed by atoms with Crippen molar-refractivity contribution in [2.75, 3.05) is 16.4 Å². The topological polar surface area (TPSA) is 75.9 Å². The van der Waals surface area contributed by atoms with Crippen LogP contribution in [0.3, 0.4) is 0 Å². The van der Waals surface area contributed by atoms with Crippen LogP contribution in [0.15, 0.2) is 24.5 Å². The van der Waals surface area contributed by atoms with E-state index in [1.807, 2.05) is 0 Å². The molecule has 21 heavy (non-hydrogen) atoms. The molecule has 7 heteroatoms. The smallest absolute Gasteiger partial charge is 0.159 e. The van der Waals surface area contributed by atoms with Crippen molar-refractivity contribution in [2.24, 2.45) is 0 Å². The minimum atomic E-state index is 0.272. The number of hydrogen-bond donors (Lipinski definition) is 3. The van der Waals surface area contributed by atoms with Gasteiger partial charge in [-0.25, -0.2) is 9.97 Å². The van der Waals surface area contributed by atoms with E-state index in [1.54, 1.807) is 18.2 Å². The molecule has 2 rings (SSSR count). The van der Waals surface area contributed by atoms with E-state index >= 15 is 0 Å². The number of nitrogens with zero attached hydrogens (tertiary/aromatic N) is 2. The van der Waals surface area contributed by atoms with Crippen LogP contribution in [0.4, 0.5) is 23.0 Å². The third-order valence-corrected chi connectivity index (χ3v) is 3.61. The van der Waals surface area contributed by atoms with Crippen molar-refractivity contribution in [3.63, 3.8) is 0 Å². The van der Waals surface area contributed by atoms with Crippen LogP contribution in [-0.4, -0.2) is 16.0 Å². The molecule has 4 N–H and O–H groups in total. The summed E-state index contributed by atoms with van der Waals surface area (Å²) in [7, 11) is 0. The lowest BCUT2D eigenvalue weighted by molar-refractivity contribution is 0.759. The van der Waals surface area contributed by atoms with Gasteiger partial charge in [0.15, 0.2) is 11.6 Å². The quantitative estimate of drug-likeness (QED) is 0.763. The van der Waals surface area contributed by atoms with Crippen molar-refractivity contribution in [1.29, 1.82) is 0 Å². The number of hydrogen-bond acceptors (Lipinski definition) is 5. The molecule has 0 amide bonds. The third-order valence-electron chi connectivity index (χ3n) is 3.06. The number of rotatable bonds is 5. The summed E-state index contributed by atoms with van der Waals surface area (Å²) in [6.07, 6.45) is 2.42. The molecule has 0 saturated carbocycles. The Balaban J connectivity index is 2.26. The highest BCUT2D eigenvalue weighted by Gasteiger charge is 2.11. The van der Waals surface area contributed by atoms with Gasteiger partial charge in [0, 0.05) is 11.1 Å². The number of benzene rings is 1. The van der Waals surface area contributed by atoms with Gasteiger partial charge in [-0.2, -0.15) is 0 Å². The fraction of sp³-hybridized carbons (Fsp3) is 0.286. The number of nitrogens with two attached hydrogens (primary N) is 1. The summed E-state index contributed by atoms with van der Waals surface area (Å²) < 4.78 is 0. The fourth-order valence-corrected chi connectivity index (χ4v) is 2.12. The first-order valence-electron chi connectivity index (χ1n) is 6.60. The lowest BCUT2D eigenvalue weighted by Crippen LogP contribution is -2.16. The molecule has 1 unspecified atom stereocenters. The Bertz CT molecular complexity index is 633. The van der Waals surface area contributed by atoms with Gasteiger partial charge in [0.25, 0.3) is 0 Å². The highest BCUT2D eigenvalue weighted by molar-refractivity contribution is 6.36. The largest absolute Gasteiger partial charge is 0.393 e. The van der Waals surface area contributed by atoms with E-state index in [2.05, 4.69) is 34.4 Å². The molecule has 1 aromatic carbocycles. The standard InChI is InChI=1S/C14H17Cl2N5/c1-3-8(2)20-13-12(17)14(19-7-18-13)21-11-5-4-9(15)6-10(11)16/h4-8H,3,17H2,1-2H3,(H2,18,19,20,21). The van der Waals surface area contributed by atoms with Crippen molar-refractivity contribution in [3.05, 3.63) is 34.6 Å². The number of aromatic nitrogens is 2. The van der Waals surface area contributed by atoms with Crippen LogP contribution in [0.2, 0.25) is 10.0 Å². The highest BCUT2D eigenvalue weighted by atomic mass is 35.5. The summed E-state index contributed by atoms with van der Waals surface area (Å²) in [4.78, 5) is 8.32. The predicted molar refractivity (Wildman–Crippen MR) is 89.6 cm³/mol. The van der Waals surface area contributed by atoms with Gasteiger partial charge in [-0.3, -0.25) is 0 Å². The van der Waals surface area contributed by atoms with E-state index < -0.39 is 0 Å².